The summed E-state index contributed by atoms with van der Waals surface area (Å²) in [6.45, 7) is 8.93. The molecule has 1 N–H and O–H groups in total. The minimum Gasteiger partial charge on any atom is -0.497 e. The molecule has 0 bridgehead atoms. The fourth-order valence-electron chi connectivity index (χ4n) is 4.72. The Bertz CT molecular complexity index is 1110. The van der Waals surface area contributed by atoms with E-state index in [-0.39, 0.29) is 23.8 Å². The fourth-order valence-corrected chi connectivity index (χ4v) is 4.72. The zero-order valence-electron chi connectivity index (χ0n) is 23.0. The molecule has 3 aromatic rings. The number of amides is 1. The summed E-state index contributed by atoms with van der Waals surface area (Å²) in [4.78, 5) is 13.0. The van der Waals surface area contributed by atoms with Gasteiger partial charge in [0.15, 0.2) is 0 Å². The molecule has 1 amide bonds. The van der Waals surface area contributed by atoms with Crippen molar-refractivity contribution in [2.45, 2.75) is 58.5 Å². The first-order valence-corrected chi connectivity index (χ1v) is 13.1. The Hall–Kier alpha value is -3.47. The van der Waals surface area contributed by atoms with E-state index in [4.69, 9.17) is 14.2 Å². The van der Waals surface area contributed by atoms with Gasteiger partial charge in [-0.15, -0.1) is 0 Å². The van der Waals surface area contributed by atoms with Gasteiger partial charge in [0.1, 0.15) is 17.2 Å². The molecule has 0 saturated carbocycles. The Morgan fingerprint density at radius 1 is 0.784 bits per heavy atom. The number of carbonyl (C=O) groups excluding carboxylic acids is 1. The van der Waals surface area contributed by atoms with Crippen LogP contribution in [0.25, 0.3) is 0 Å². The van der Waals surface area contributed by atoms with Crippen LogP contribution in [0.5, 0.6) is 17.2 Å². The second-order valence-electron chi connectivity index (χ2n) is 10.00. The summed E-state index contributed by atoms with van der Waals surface area (Å²) in [6, 6.07) is 24.4. The Kier molecular flexibility index (Phi) is 10.4. The van der Waals surface area contributed by atoms with Crippen molar-refractivity contribution < 1.29 is 19.0 Å². The highest BCUT2D eigenvalue weighted by atomic mass is 16.5. The van der Waals surface area contributed by atoms with Crippen LogP contribution in [-0.2, 0) is 4.79 Å². The van der Waals surface area contributed by atoms with Gasteiger partial charge in [-0.25, -0.2) is 0 Å². The molecule has 2 atom stereocenters. The molecule has 37 heavy (non-hydrogen) atoms. The smallest absolute Gasteiger partial charge is 0.220 e. The molecule has 3 aromatic carbocycles. The number of benzene rings is 3. The second-order valence-corrected chi connectivity index (χ2v) is 10.00. The van der Waals surface area contributed by atoms with E-state index in [2.05, 4.69) is 49.5 Å². The summed E-state index contributed by atoms with van der Waals surface area (Å²) in [5.41, 5.74) is 3.42. The molecule has 0 aliphatic rings. The van der Waals surface area contributed by atoms with E-state index in [1.165, 1.54) is 0 Å². The van der Waals surface area contributed by atoms with E-state index < -0.39 is 0 Å². The third kappa shape index (κ3) is 8.01. The van der Waals surface area contributed by atoms with Gasteiger partial charge in [0.25, 0.3) is 0 Å². The van der Waals surface area contributed by atoms with Crippen LogP contribution in [0.2, 0.25) is 0 Å². The SMILES string of the molecule is COc1ccc(C(CC(=O)NCCC(c2ccc(OC(C)C)cc2)c2ccccc2OC)C(C)C)cc1. The van der Waals surface area contributed by atoms with Crippen LogP contribution in [0.3, 0.4) is 0 Å². The van der Waals surface area contributed by atoms with Crippen molar-refractivity contribution >= 4 is 5.91 Å². The number of para-hydroxylation sites is 1. The maximum absolute atomic E-state index is 13.0. The molecule has 0 spiro atoms. The molecule has 0 fully saturated rings. The Balaban J connectivity index is 1.71. The van der Waals surface area contributed by atoms with Crippen LogP contribution in [0.1, 0.15) is 69.1 Å². The molecule has 0 saturated heterocycles. The molecule has 5 heteroatoms. The quantitative estimate of drug-likeness (QED) is 0.274. The minimum absolute atomic E-state index is 0.0639. The third-order valence-electron chi connectivity index (χ3n) is 6.68. The summed E-state index contributed by atoms with van der Waals surface area (Å²) >= 11 is 0. The fraction of sp³-hybridized carbons (Fsp3) is 0.406. The van der Waals surface area contributed by atoms with Crippen molar-refractivity contribution in [1.82, 2.24) is 5.32 Å². The number of hydrogen-bond donors (Lipinski definition) is 1. The standard InChI is InChI=1S/C32H41NO4/c1-22(2)30(25-11-15-26(35-5)16-12-25)21-32(34)33-20-19-28(29-9-7-8-10-31(29)36-6)24-13-17-27(18-14-24)37-23(3)4/h7-18,22-23,28,30H,19-21H2,1-6H3,(H,33,34). The van der Waals surface area contributed by atoms with Crippen molar-refractivity contribution in [3.05, 3.63) is 89.5 Å². The van der Waals surface area contributed by atoms with E-state index in [0.717, 1.165) is 40.4 Å². The molecule has 198 valence electrons. The minimum atomic E-state index is 0.0639. The Morgan fingerprint density at radius 3 is 2.00 bits per heavy atom. The van der Waals surface area contributed by atoms with E-state index in [1.54, 1.807) is 14.2 Å². The van der Waals surface area contributed by atoms with Crippen LogP contribution >= 0.6 is 0 Å². The molecule has 0 aliphatic heterocycles. The summed E-state index contributed by atoms with van der Waals surface area (Å²) < 4.78 is 16.8. The van der Waals surface area contributed by atoms with E-state index >= 15 is 0 Å². The van der Waals surface area contributed by atoms with Crippen LogP contribution in [0.15, 0.2) is 72.8 Å². The topological polar surface area (TPSA) is 56.8 Å². The van der Waals surface area contributed by atoms with Gasteiger partial charge in [-0.1, -0.05) is 56.3 Å². The zero-order chi connectivity index (χ0) is 26.8. The van der Waals surface area contributed by atoms with Gasteiger partial charge in [0.05, 0.1) is 20.3 Å². The number of hydrogen-bond acceptors (Lipinski definition) is 4. The van der Waals surface area contributed by atoms with Crippen LogP contribution < -0.4 is 19.5 Å². The molecule has 2 unspecified atom stereocenters. The van der Waals surface area contributed by atoms with Crippen molar-refractivity contribution in [2.75, 3.05) is 20.8 Å². The molecule has 0 heterocycles. The molecule has 3 rings (SSSR count). The lowest BCUT2D eigenvalue weighted by atomic mass is 9.85. The van der Waals surface area contributed by atoms with Crippen molar-refractivity contribution in [2.24, 2.45) is 5.92 Å². The lowest BCUT2D eigenvalue weighted by Gasteiger charge is -2.23. The van der Waals surface area contributed by atoms with E-state index in [1.807, 2.05) is 56.3 Å². The highest BCUT2D eigenvalue weighted by molar-refractivity contribution is 5.77. The normalized spacial score (nSPS) is 12.8. The Labute approximate surface area is 222 Å². The molecular weight excluding hydrogens is 462 g/mol. The monoisotopic (exact) mass is 503 g/mol. The summed E-state index contributed by atoms with van der Waals surface area (Å²) in [6.07, 6.45) is 1.33. The lowest BCUT2D eigenvalue weighted by molar-refractivity contribution is -0.121. The maximum atomic E-state index is 13.0. The molecular formula is C32H41NO4. The summed E-state index contributed by atoms with van der Waals surface area (Å²) in [5, 5.41) is 3.18. The van der Waals surface area contributed by atoms with Crippen LogP contribution in [0, 0.1) is 5.92 Å². The van der Waals surface area contributed by atoms with E-state index in [9.17, 15) is 4.79 Å². The number of nitrogens with one attached hydrogen (secondary N) is 1. The average Bonchev–Trinajstić information content (AvgIpc) is 2.90. The third-order valence-corrected chi connectivity index (χ3v) is 6.68. The van der Waals surface area contributed by atoms with Gasteiger partial charge < -0.3 is 19.5 Å². The first kappa shape index (κ1) is 28.1. The van der Waals surface area contributed by atoms with Gasteiger partial charge in [-0.2, -0.15) is 0 Å². The van der Waals surface area contributed by atoms with Crippen LogP contribution in [-0.4, -0.2) is 32.8 Å². The van der Waals surface area contributed by atoms with E-state index in [0.29, 0.717) is 18.9 Å². The van der Waals surface area contributed by atoms with Crippen molar-refractivity contribution in [3.63, 3.8) is 0 Å². The number of rotatable bonds is 13. The highest BCUT2D eigenvalue weighted by Gasteiger charge is 2.22. The Morgan fingerprint density at radius 2 is 1.41 bits per heavy atom. The van der Waals surface area contributed by atoms with Crippen molar-refractivity contribution in [3.8, 4) is 17.2 Å². The summed E-state index contributed by atoms with van der Waals surface area (Å²) in [5.74, 6) is 3.14. The highest BCUT2D eigenvalue weighted by Crippen LogP contribution is 2.35. The molecule has 0 aromatic heterocycles. The van der Waals surface area contributed by atoms with Gasteiger partial charge in [0.2, 0.25) is 5.91 Å². The molecule has 5 nitrogen and oxygen atoms in total. The largest absolute Gasteiger partial charge is 0.497 e. The lowest BCUT2D eigenvalue weighted by Crippen LogP contribution is -2.28. The average molecular weight is 504 g/mol. The van der Waals surface area contributed by atoms with Gasteiger partial charge >= 0.3 is 0 Å². The molecule has 0 radical (unpaired) electrons. The number of ether oxygens (including phenoxy) is 3. The maximum Gasteiger partial charge on any atom is 0.220 e. The van der Waals surface area contributed by atoms with Crippen molar-refractivity contribution in [1.29, 1.82) is 0 Å². The zero-order valence-corrected chi connectivity index (χ0v) is 23.0. The predicted molar refractivity (Wildman–Crippen MR) is 150 cm³/mol. The van der Waals surface area contributed by atoms with Gasteiger partial charge in [-0.3, -0.25) is 4.79 Å². The summed E-state index contributed by atoms with van der Waals surface area (Å²) in [7, 11) is 3.36. The first-order valence-electron chi connectivity index (χ1n) is 13.1. The number of methoxy groups -OCH3 is 2. The van der Waals surface area contributed by atoms with Gasteiger partial charge in [-0.05, 0) is 73.6 Å². The predicted octanol–water partition coefficient (Wildman–Crippen LogP) is 6.96. The van der Waals surface area contributed by atoms with Gasteiger partial charge in [0, 0.05) is 24.4 Å². The second kappa shape index (κ2) is 13.7. The molecule has 0 aliphatic carbocycles. The van der Waals surface area contributed by atoms with Crippen LogP contribution in [0.4, 0.5) is 0 Å². The number of carbonyl (C=O) groups is 1. The first-order chi connectivity index (χ1) is 17.8.